The lowest BCUT2D eigenvalue weighted by atomic mass is 9.78. The van der Waals surface area contributed by atoms with Gasteiger partial charge in [-0.15, -0.1) is 0 Å². The number of hydrogen-bond donors (Lipinski definition) is 0. The third kappa shape index (κ3) is 7.40. The molecule has 0 bridgehead atoms. The molecule has 9 heteroatoms. The average molecular weight is 647 g/mol. The van der Waals surface area contributed by atoms with Crippen LogP contribution in [0.2, 0.25) is 0 Å². The summed E-state index contributed by atoms with van der Waals surface area (Å²) in [7, 11) is 0. The Morgan fingerprint density at radius 2 is 1.26 bits per heavy atom. The Kier molecular flexibility index (Phi) is 11.4. The fourth-order valence-electron chi connectivity index (χ4n) is 6.43. The highest BCUT2D eigenvalue weighted by Crippen LogP contribution is 2.41. The molecule has 248 valence electrons. The lowest BCUT2D eigenvalue weighted by molar-refractivity contribution is 0.0157. The number of rotatable bonds is 12. The number of halogens is 6. The Morgan fingerprint density at radius 1 is 0.652 bits per heavy atom. The molecule has 2 aliphatic carbocycles. The fourth-order valence-corrected chi connectivity index (χ4v) is 6.43. The van der Waals surface area contributed by atoms with Crippen LogP contribution >= 0.6 is 0 Å². The molecule has 5 rings (SSSR count). The van der Waals surface area contributed by atoms with Gasteiger partial charge < -0.3 is 14.2 Å². The minimum Gasteiger partial charge on any atom is -0.491 e. The molecule has 1 fully saturated rings. The van der Waals surface area contributed by atoms with Gasteiger partial charge in [0.2, 0.25) is 11.6 Å². The topological polar surface area (TPSA) is 27.7 Å². The summed E-state index contributed by atoms with van der Waals surface area (Å²) in [4.78, 5) is 0. The van der Waals surface area contributed by atoms with Crippen molar-refractivity contribution in [3.63, 3.8) is 0 Å². The lowest BCUT2D eigenvalue weighted by Gasteiger charge is -2.31. The summed E-state index contributed by atoms with van der Waals surface area (Å²) in [5.74, 6) is -6.89. The zero-order valence-corrected chi connectivity index (χ0v) is 26.3. The highest BCUT2D eigenvalue weighted by Gasteiger charge is 2.29. The Bertz CT molecular complexity index is 1550. The van der Waals surface area contributed by atoms with Gasteiger partial charge in [-0.25, -0.2) is 17.6 Å². The first kappa shape index (κ1) is 33.9. The van der Waals surface area contributed by atoms with Crippen molar-refractivity contribution in [2.45, 2.75) is 83.7 Å². The van der Waals surface area contributed by atoms with Crippen LogP contribution in [0.5, 0.6) is 11.5 Å². The van der Waals surface area contributed by atoms with Gasteiger partial charge in [-0.2, -0.15) is 8.78 Å². The molecule has 0 radical (unpaired) electrons. The maximum atomic E-state index is 15.2. The molecule has 0 heterocycles. The van der Waals surface area contributed by atoms with Crippen LogP contribution in [0.3, 0.4) is 0 Å². The molecule has 1 unspecified atom stereocenters. The van der Waals surface area contributed by atoms with Gasteiger partial charge in [-0.3, -0.25) is 0 Å². The minimum absolute atomic E-state index is 0.0297. The summed E-state index contributed by atoms with van der Waals surface area (Å²) in [6.45, 7) is 4.64. The SMILES string of the molecule is CCCCOc1ccc(C2=CCC(OCC3CCC(c4ccc(-c5ccc(OCC)c(F)c5F)c(F)c4F)CC3)CC2)c(F)c1F. The third-order valence-corrected chi connectivity index (χ3v) is 9.11. The molecule has 1 atom stereocenters. The summed E-state index contributed by atoms with van der Waals surface area (Å²) >= 11 is 0. The van der Waals surface area contributed by atoms with Crippen LogP contribution < -0.4 is 9.47 Å². The van der Waals surface area contributed by atoms with Crippen LogP contribution in [0, 0.1) is 40.8 Å². The van der Waals surface area contributed by atoms with Crippen molar-refractivity contribution in [3.8, 4) is 22.6 Å². The summed E-state index contributed by atoms with van der Waals surface area (Å²) in [6, 6.07) is 8.24. The van der Waals surface area contributed by atoms with Crippen LogP contribution in [-0.2, 0) is 4.74 Å². The Hall–Kier alpha value is -3.46. The van der Waals surface area contributed by atoms with Gasteiger partial charge in [0.1, 0.15) is 0 Å². The van der Waals surface area contributed by atoms with Crippen molar-refractivity contribution < 1.29 is 40.6 Å². The Morgan fingerprint density at radius 3 is 1.89 bits per heavy atom. The zero-order valence-electron chi connectivity index (χ0n) is 26.3. The first-order chi connectivity index (χ1) is 22.2. The van der Waals surface area contributed by atoms with E-state index in [4.69, 9.17) is 14.2 Å². The molecule has 0 saturated heterocycles. The van der Waals surface area contributed by atoms with Crippen molar-refractivity contribution in [2.75, 3.05) is 19.8 Å². The van der Waals surface area contributed by atoms with E-state index in [0.29, 0.717) is 45.3 Å². The largest absolute Gasteiger partial charge is 0.491 e. The molecule has 0 N–H and O–H groups in total. The smallest absolute Gasteiger partial charge is 0.201 e. The van der Waals surface area contributed by atoms with Gasteiger partial charge in [0.05, 0.1) is 19.3 Å². The first-order valence-corrected chi connectivity index (χ1v) is 16.2. The summed E-state index contributed by atoms with van der Waals surface area (Å²) in [6.07, 6.45) is 8.24. The van der Waals surface area contributed by atoms with E-state index in [1.165, 1.54) is 30.3 Å². The number of hydrogen-bond acceptors (Lipinski definition) is 3. The second-order valence-corrected chi connectivity index (χ2v) is 12.1. The van der Waals surface area contributed by atoms with E-state index in [2.05, 4.69) is 0 Å². The van der Waals surface area contributed by atoms with E-state index >= 15 is 8.78 Å². The van der Waals surface area contributed by atoms with Gasteiger partial charge in [0.25, 0.3) is 0 Å². The standard InChI is InChI=1S/C37H40F6O3/c1-3-5-20-45-31-18-16-27(33(39)37(31)43)24-10-12-25(13-11-24)46-21-22-6-8-23(9-7-22)26-14-15-28(34(40)32(26)38)29-17-19-30(44-4-2)36(42)35(29)41/h10,14-19,22-23,25H,3-9,11-13,20-21H2,1-2H3. The van der Waals surface area contributed by atoms with E-state index in [9.17, 15) is 17.6 Å². The number of benzene rings is 3. The first-order valence-electron chi connectivity index (χ1n) is 16.2. The molecule has 1 saturated carbocycles. The minimum atomic E-state index is -1.29. The molecule has 0 spiro atoms. The van der Waals surface area contributed by atoms with Gasteiger partial charge in [-0.05, 0) is 106 Å². The number of unbranched alkanes of at least 4 members (excludes halogenated alkanes) is 1. The third-order valence-electron chi connectivity index (χ3n) is 9.11. The quantitative estimate of drug-likeness (QED) is 0.145. The van der Waals surface area contributed by atoms with Crippen LogP contribution in [0.15, 0.2) is 42.5 Å². The molecule has 0 aromatic heterocycles. The molecule has 3 aromatic carbocycles. The second-order valence-electron chi connectivity index (χ2n) is 12.1. The van der Waals surface area contributed by atoms with Gasteiger partial charge in [0.15, 0.2) is 34.8 Å². The molecule has 0 amide bonds. The molecular weight excluding hydrogens is 606 g/mol. The van der Waals surface area contributed by atoms with Crippen molar-refractivity contribution >= 4 is 5.57 Å². The zero-order chi connectivity index (χ0) is 32.8. The van der Waals surface area contributed by atoms with E-state index in [1.807, 2.05) is 13.0 Å². The Balaban J connectivity index is 1.13. The van der Waals surface area contributed by atoms with E-state index in [0.717, 1.165) is 31.3 Å². The Labute approximate surface area is 266 Å². The van der Waals surface area contributed by atoms with Crippen molar-refractivity contribution in [1.29, 1.82) is 0 Å². The van der Waals surface area contributed by atoms with Crippen molar-refractivity contribution in [1.82, 2.24) is 0 Å². The highest BCUT2D eigenvalue weighted by molar-refractivity contribution is 5.68. The molecule has 2 aliphatic rings. The second kappa shape index (κ2) is 15.4. The molecule has 46 heavy (non-hydrogen) atoms. The van der Waals surface area contributed by atoms with Crippen molar-refractivity contribution in [2.24, 2.45) is 5.92 Å². The summed E-state index contributed by atoms with van der Waals surface area (Å²) < 4.78 is 105. The normalized spacial score (nSPS) is 20.0. The van der Waals surface area contributed by atoms with Crippen LogP contribution in [0.1, 0.15) is 88.7 Å². The summed E-state index contributed by atoms with van der Waals surface area (Å²) in [5.41, 5.74) is 0.547. The number of allylic oxidation sites excluding steroid dienone is 1. The van der Waals surface area contributed by atoms with E-state index in [1.54, 1.807) is 13.0 Å². The highest BCUT2D eigenvalue weighted by atomic mass is 19.2. The van der Waals surface area contributed by atoms with Gasteiger partial charge in [0, 0.05) is 23.3 Å². The van der Waals surface area contributed by atoms with Gasteiger partial charge in [-0.1, -0.05) is 31.6 Å². The molecular formula is C37H40F6O3. The molecule has 3 aromatic rings. The number of ether oxygens (including phenoxy) is 3. The lowest BCUT2D eigenvalue weighted by Crippen LogP contribution is -2.23. The monoisotopic (exact) mass is 646 g/mol. The maximum absolute atomic E-state index is 15.2. The maximum Gasteiger partial charge on any atom is 0.201 e. The van der Waals surface area contributed by atoms with Crippen LogP contribution in [0.4, 0.5) is 26.3 Å². The average Bonchev–Trinajstić information content (AvgIpc) is 3.07. The molecule has 3 nitrogen and oxygen atoms in total. The van der Waals surface area contributed by atoms with E-state index < -0.39 is 34.9 Å². The predicted octanol–water partition coefficient (Wildman–Crippen LogP) is 10.7. The summed E-state index contributed by atoms with van der Waals surface area (Å²) in [5, 5.41) is 0. The molecule has 0 aliphatic heterocycles. The van der Waals surface area contributed by atoms with Crippen LogP contribution in [-0.4, -0.2) is 25.9 Å². The van der Waals surface area contributed by atoms with E-state index in [-0.39, 0.29) is 58.3 Å². The van der Waals surface area contributed by atoms with Crippen molar-refractivity contribution in [3.05, 3.63) is 88.5 Å². The van der Waals surface area contributed by atoms with Crippen LogP contribution in [0.25, 0.3) is 16.7 Å². The van der Waals surface area contributed by atoms with Gasteiger partial charge >= 0.3 is 0 Å². The predicted molar refractivity (Wildman–Crippen MR) is 166 cm³/mol. The fraction of sp³-hybridized carbons (Fsp3) is 0.459.